The van der Waals surface area contributed by atoms with Gasteiger partial charge < -0.3 is 4.74 Å². The lowest BCUT2D eigenvalue weighted by atomic mass is 10.0. The number of benzene rings is 3. The number of Topliss-reactive ketones (excluding diaryl/α,β-unsaturated/α-hetero) is 1. The lowest BCUT2D eigenvalue weighted by Gasteiger charge is -2.07. The van der Waals surface area contributed by atoms with E-state index >= 15 is 0 Å². The number of halogens is 2. The van der Waals surface area contributed by atoms with Gasteiger partial charge in [-0.1, -0.05) is 0 Å². The van der Waals surface area contributed by atoms with Crippen molar-refractivity contribution in [1.29, 1.82) is 0 Å². The molecule has 0 N–H and O–H groups in total. The summed E-state index contributed by atoms with van der Waals surface area (Å²) >= 11 is 0. The van der Waals surface area contributed by atoms with Crippen molar-refractivity contribution in [1.82, 2.24) is 0 Å². The molecular weight excluding hydrogens is 338 g/mol. The Bertz CT molecular complexity index is 915. The van der Waals surface area contributed by atoms with Crippen LogP contribution >= 0.6 is 0 Å². The minimum Gasteiger partial charge on any atom is -0.485 e. The first-order valence-corrected chi connectivity index (χ1v) is 7.85. The van der Waals surface area contributed by atoms with Crippen LogP contribution < -0.4 is 4.74 Å². The lowest BCUT2D eigenvalue weighted by molar-refractivity contribution is 0.0920. The van der Waals surface area contributed by atoms with Crippen molar-refractivity contribution in [3.05, 3.63) is 101 Å². The van der Waals surface area contributed by atoms with Crippen molar-refractivity contribution in [3.8, 4) is 5.75 Å². The highest BCUT2D eigenvalue weighted by atomic mass is 19.1. The van der Waals surface area contributed by atoms with E-state index in [1.54, 1.807) is 24.3 Å². The Balaban J connectivity index is 1.62. The summed E-state index contributed by atoms with van der Waals surface area (Å²) in [5, 5.41) is 0. The molecule has 0 saturated carbocycles. The molecule has 26 heavy (non-hydrogen) atoms. The minimum absolute atomic E-state index is 0.198. The van der Waals surface area contributed by atoms with Gasteiger partial charge in [0.05, 0.1) is 0 Å². The number of rotatable bonds is 6. The Labute approximate surface area is 148 Å². The van der Waals surface area contributed by atoms with Crippen LogP contribution in [0.25, 0.3) is 0 Å². The molecule has 0 fully saturated rings. The van der Waals surface area contributed by atoms with Gasteiger partial charge in [-0.25, -0.2) is 8.78 Å². The van der Waals surface area contributed by atoms with E-state index in [0.29, 0.717) is 22.4 Å². The van der Waals surface area contributed by atoms with Gasteiger partial charge in [0.25, 0.3) is 0 Å². The van der Waals surface area contributed by atoms with E-state index in [1.165, 1.54) is 48.5 Å². The van der Waals surface area contributed by atoms with Crippen LogP contribution in [0.3, 0.4) is 0 Å². The molecule has 0 unspecified atom stereocenters. The minimum atomic E-state index is -0.413. The zero-order valence-corrected chi connectivity index (χ0v) is 13.6. The van der Waals surface area contributed by atoms with Crippen LogP contribution in [0.15, 0.2) is 72.8 Å². The summed E-state index contributed by atoms with van der Waals surface area (Å²) in [6.07, 6.45) is 0. The predicted octanol–water partition coefficient (Wildman–Crippen LogP) is 4.46. The second-order valence-electron chi connectivity index (χ2n) is 5.58. The first-order chi connectivity index (χ1) is 12.5. The fourth-order valence-electron chi connectivity index (χ4n) is 2.34. The van der Waals surface area contributed by atoms with Crippen molar-refractivity contribution >= 4 is 11.6 Å². The normalized spacial score (nSPS) is 10.4. The van der Waals surface area contributed by atoms with E-state index < -0.39 is 11.6 Å². The molecule has 0 aliphatic rings. The molecule has 5 heteroatoms. The van der Waals surface area contributed by atoms with E-state index in [2.05, 4.69) is 0 Å². The Hall–Kier alpha value is -3.34. The van der Waals surface area contributed by atoms with Crippen molar-refractivity contribution in [2.24, 2.45) is 0 Å². The predicted molar refractivity (Wildman–Crippen MR) is 92.5 cm³/mol. The summed E-state index contributed by atoms with van der Waals surface area (Å²) in [4.78, 5) is 24.3. The molecule has 0 aromatic heterocycles. The van der Waals surface area contributed by atoms with E-state index in [1.807, 2.05) is 0 Å². The zero-order chi connectivity index (χ0) is 18.5. The number of ether oxygens (including phenoxy) is 1. The molecule has 0 saturated heterocycles. The highest BCUT2D eigenvalue weighted by Gasteiger charge is 2.10. The van der Waals surface area contributed by atoms with Crippen molar-refractivity contribution < 1.29 is 23.1 Å². The van der Waals surface area contributed by atoms with Crippen LogP contribution in [0, 0.1) is 11.6 Å². The SMILES string of the molecule is O=C(COc1ccc(C(=O)c2ccc(F)cc2)cc1)c1ccc(F)cc1. The largest absolute Gasteiger partial charge is 0.485 e. The second-order valence-corrected chi connectivity index (χ2v) is 5.58. The Morgan fingerprint density at radius 3 is 1.58 bits per heavy atom. The van der Waals surface area contributed by atoms with Gasteiger partial charge in [0.2, 0.25) is 0 Å². The molecule has 3 aromatic rings. The first kappa shape index (κ1) is 17.5. The molecule has 0 spiro atoms. The third-order valence-electron chi connectivity index (χ3n) is 3.76. The molecule has 0 bridgehead atoms. The van der Waals surface area contributed by atoms with Gasteiger partial charge in [0.1, 0.15) is 17.4 Å². The van der Waals surface area contributed by atoms with Gasteiger partial charge in [0, 0.05) is 16.7 Å². The Kier molecular flexibility index (Phi) is 5.17. The second kappa shape index (κ2) is 7.70. The van der Waals surface area contributed by atoms with Gasteiger partial charge >= 0.3 is 0 Å². The highest BCUT2D eigenvalue weighted by molar-refractivity contribution is 6.09. The summed E-state index contributed by atoms with van der Waals surface area (Å²) < 4.78 is 31.2. The van der Waals surface area contributed by atoms with Gasteiger partial charge in [-0.2, -0.15) is 0 Å². The Morgan fingerprint density at radius 2 is 1.08 bits per heavy atom. The van der Waals surface area contributed by atoms with Crippen molar-refractivity contribution in [3.63, 3.8) is 0 Å². The molecule has 0 radical (unpaired) electrons. The molecule has 0 aliphatic carbocycles. The fourth-order valence-corrected chi connectivity index (χ4v) is 2.34. The Morgan fingerprint density at radius 1 is 0.654 bits per heavy atom. The van der Waals surface area contributed by atoms with Crippen LogP contribution in [0.1, 0.15) is 26.3 Å². The number of hydrogen-bond donors (Lipinski definition) is 0. The third kappa shape index (κ3) is 4.19. The maximum absolute atomic E-state index is 12.9. The van der Waals surface area contributed by atoms with Crippen molar-refractivity contribution in [2.75, 3.05) is 6.61 Å². The summed E-state index contributed by atoms with van der Waals surface area (Å²) in [7, 11) is 0. The van der Waals surface area contributed by atoms with Crippen molar-refractivity contribution in [2.45, 2.75) is 0 Å². The van der Waals surface area contributed by atoms with Gasteiger partial charge in [-0.3, -0.25) is 9.59 Å². The molecule has 0 aliphatic heterocycles. The van der Waals surface area contributed by atoms with Gasteiger partial charge in [0.15, 0.2) is 18.2 Å². The summed E-state index contributed by atoms with van der Waals surface area (Å²) in [6.45, 7) is -0.198. The molecule has 0 atom stereocenters. The number of carbonyl (C=O) groups is 2. The number of ketones is 2. The van der Waals surface area contributed by atoms with Gasteiger partial charge in [-0.15, -0.1) is 0 Å². The van der Waals surface area contributed by atoms with Crippen LogP contribution in [0.5, 0.6) is 5.75 Å². The molecule has 0 heterocycles. The first-order valence-electron chi connectivity index (χ1n) is 7.85. The fraction of sp³-hybridized carbons (Fsp3) is 0.0476. The van der Waals surface area contributed by atoms with E-state index in [0.717, 1.165) is 0 Å². The van der Waals surface area contributed by atoms with E-state index in [-0.39, 0.29) is 18.2 Å². The zero-order valence-electron chi connectivity index (χ0n) is 13.6. The smallest absolute Gasteiger partial charge is 0.200 e. The summed E-state index contributed by atoms with van der Waals surface area (Å²) in [5.74, 6) is -0.911. The highest BCUT2D eigenvalue weighted by Crippen LogP contribution is 2.16. The molecule has 0 amide bonds. The lowest BCUT2D eigenvalue weighted by Crippen LogP contribution is -2.11. The molecular formula is C21H14F2O3. The summed E-state index contributed by atoms with van der Waals surface area (Å²) in [6, 6.07) is 16.8. The van der Waals surface area contributed by atoms with E-state index in [4.69, 9.17) is 4.74 Å². The number of hydrogen-bond acceptors (Lipinski definition) is 3. The molecule has 3 nitrogen and oxygen atoms in total. The van der Waals surface area contributed by atoms with Crippen LogP contribution in [-0.4, -0.2) is 18.2 Å². The van der Waals surface area contributed by atoms with Crippen LogP contribution in [0.4, 0.5) is 8.78 Å². The third-order valence-corrected chi connectivity index (χ3v) is 3.76. The average Bonchev–Trinajstić information content (AvgIpc) is 2.67. The molecule has 3 rings (SSSR count). The topological polar surface area (TPSA) is 43.4 Å². The van der Waals surface area contributed by atoms with E-state index in [9.17, 15) is 18.4 Å². The quantitative estimate of drug-likeness (QED) is 0.615. The van der Waals surface area contributed by atoms with Crippen LogP contribution in [0.2, 0.25) is 0 Å². The molecule has 3 aromatic carbocycles. The number of carbonyl (C=O) groups excluding carboxylic acids is 2. The monoisotopic (exact) mass is 352 g/mol. The maximum atomic E-state index is 12.9. The average molecular weight is 352 g/mol. The molecule has 130 valence electrons. The summed E-state index contributed by atoms with van der Waals surface area (Å²) in [5.41, 5.74) is 1.16. The van der Waals surface area contributed by atoms with Gasteiger partial charge in [-0.05, 0) is 72.8 Å². The standard InChI is InChI=1S/C21H14F2O3/c22-17-7-1-14(2-8-17)20(24)13-26-19-11-5-16(6-12-19)21(25)15-3-9-18(23)10-4-15/h1-12H,13H2. The van der Waals surface area contributed by atoms with Crippen LogP contribution in [-0.2, 0) is 0 Å². The maximum Gasteiger partial charge on any atom is 0.200 e.